The van der Waals surface area contributed by atoms with Gasteiger partial charge >= 0.3 is 24.4 Å². The molecule has 3 rings (SSSR count). The number of benzene rings is 1. The van der Waals surface area contributed by atoms with Crippen molar-refractivity contribution in [1.29, 1.82) is 0 Å². The molecule has 4 amide bonds. The molecule has 2 aromatic heterocycles. The van der Waals surface area contributed by atoms with Crippen LogP contribution in [0, 0.1) is 6.92 Å². The Bertz CT molecular complexity index is 1180. The summed E-state index contributed by atoms with van der Waals surface area (Å²) in [5, 5.41) is 18.0. The third-order valence-electron chi connectivity index (χ3n) is 3.52. The van der Waals surface area contributed by atoms with Crippen LogP contribution in [0.2, 0.25) is 0 Å². The smallest absolute Gasteiger partial charge is 0.308 e. The predicted molar refractivity (Wildman–Crippen MR) is 106 cm³/mol. The second kappa shape index (κ2) is 9.14. The van der Waals surface area contributed by atoms with Crippen LogP contribution in [-0.4, -0.2) is 32.5 Å². The van der Waals surface area contributed by atoms with Crippen molar-refractivity contribution in [3.05, 3.63) is 33.8 Å². The van der Waals surface area contributed by atoms with Gasteiger partial charge in [0.15, 0.2) is 0 Å². The van der Waals surface area contributed by atoms with Gasteiger partial charge in [-0.2, -0.15) is 26.3 Å². The maximum atomic E-state index is 12.6. The van der Waals surface area contributed by atoms with Crippen LogP contribution in [-0.2, 0) is 12.4 Å². The van der Waals surface area contributed by atoms with Gasteiger partial charge in [0.2, 0.25) is 20.3 Å². The van der Waals surface area contributed by atoms with Crippen molar-refractivity contribution in [3.8, 4) is 0 Å². The lowest BCUT2D eigenvalue weighted by Gasteiger charge is -2.11. The van der Waals surface area contributed by atoms with Crippen molar-refractivity contribution in [2.75, 3.05) is 21.3 Å². The number of hydrogen-bond acceptors (Lipinski definition) is 8. The van der Waals surface area contributed by atoms with Gasteiger partial charge in [-0.05, 0) is 24.6 Å². The van der Waals surface area contributed by atoms with E-state index in [2.05, 4.69) is 41.7 Å². The van der Waals surface area contributed by atoms with E-state index in [1.54, 1.807) is 6.92 Å². The number of urea groups is 2. The largest absolute Gasteiger partial charge is 0.445 e. The van der Waals surface area contributed by atoms with Gasteiger partial charge in [0.05, 0.1) is 0 Å². The Morgan fingerprint density at radius 1 is 0.758 bits per heavy atom. The van der Waals surface area contributed by atoms with Crippen LogP contribution in [0.25, 0.3) is 0 Å². The molecule has 0 unspecified atom stereocenters. The van der Waals surface area contributed by atoms with E-state index in [0.29, 0.717) is 5.56 Å². The average Bonchev–Trinajstić information content (AvgIpc) is 3.33. The van der Waals surface area contributed by atoms with Gasteiger partial charge in [-0.3, -0.25) is 10.6 Å². The lowest BCUT2D eigenvalue weighted by Crippen LogP contribution is -2.21. The molecule has 0 atom stereocenters. The maximum absolute atomic E-state index is 12.6. The van der Waals surface area contributed by atoms with Crippen molar-refractivity contribution < 1.29 is 35.9 Å². The molecule has 3 aromatic rings. The highest BCUT2D eigenvalue weighted by Gasteiger charge is 2.36. The molecule has 0 fully saturated rings. The standard InChI is InChI=1S/C15H10F6N8O2S2/c1-5-2-3-6(22-10(30)24-12-28-26-8(32-12)14(16,17)18)4-7(5)23-11(31)25-13-29-27-9(33-13)15(19,20)21/h2-4H,1H3,(H2,22,24,28,30)(H2,23,25,29,31). The Kier molecular flexibility index (Phi) is 6.68. The number of halogens is 6. The van der Waals surface area contributed by atoms with E-state index in [1.807, 2.05) is 0 Å². The number of carbonyl (C=O) groups excluding carboxylic acids is 2. The van der Waals surface area contributed by atoms with Crippen LogP contribution in [0.5, 0.6) is 0 Å². The van der Waals surface area contributed by atoms with Crippen LogP contribution >= 0.6 is 22.7 Å². The van der Waals surface area contributed by atoms with Crippen molar-refractivity contribution in [2.45, 2.75) is 19.3 Å². The first-order chi connectivity index (χ1) is 15.3. The number of rotatable bonds is 4. The molecule has 10 nitrogen and oxygen atoms in total. The molecule has 0 radical (unpaired) electrons. The molecule has 176 valence electrons. The van der Waals surface area contributed by atoms with Crippen LogP contribution in [0.4, 0.5) is 57.6 Å². The van der Waals surface area contributed by atoms with Crippen LogP contribution < -0.4 is 21.3 Å². The summed E-state index contributed by atoms with van der Waals surface area (Å²) in [6.07, 6.45) is -9.40. The summed E-state index contributed by atoms with van der Waals surface area (Å²) in [6, 6.07) is 2.42. The predicted octanol–water partition coefficient (Wildman–Crippen LogP) is 5.02. The maximum Gasteiger partial charge on any atom is 0.445 e. The minimum absolute atomic E-state index is 0.132. The van der Waals surface area contributed by atoms with E-state index >= 15 is 0 Å². The number of carbonyl (C=O) groups is 2. The molecule has 0 aliphatic heterocycles. The van der Waals surface area contributed by atoms with Gasteiger partial charge in [-0.1, -0.05) is 28.7 Å². The van der Waals surface area contributed by atoms with Crippen molar-refractivity contribution >= 4 is 56.4 Å². The third kappa shape index (κ3) is 6.48. The number of nitrogens with one attached hydrogen (secondary N) is 4. The Morgan fingerprint density at radius 3 is 1.70 bits per heavy atom. The fourth-order valence-electron chi connectivity index (χ4n) is 2.12. The molecule has 2 heterocycles. The molecule has 1 aromatic carbocycles. The minimum Gasteiger partial charge on any atom is -0.308 e. The molecule has 18 heteroatoms. The summed E-state index contributed by atoms with van der Waals surface area (Å²) in [6.45, 7) is 1.60. The first kappa shape index (κ1) is 24.1. The SMILES string of the molecule is Cc1ccc(NC(=O)Nc2nnc(C(F)(F)F)s2)cc1NC(=O)Nc1nnc(C(F)(F)F)s1. The average molecular weight is 512 g/mol. The number of hydrogen-bond donors (Lipinski definition) is 4. The molecule has 0 aliphatic rings. The van der Waals surface area contributed by atoms with Gasteiger partial charge in [-0.15, -0.1) is 20.4 Å². The summed E-state index contributed by atoms with van der Waals surface area (Å²) in [7, 11) is 0. The molecule has 33 heavy (non-hydrogen) atoms. The number of alkyl halides is 6. The molecular weight excluding hydrogens is 502 g/mol. The monoisotopic (exact) mass is 512 g/mol. The number of amides is 4. The minimum atomic E-state index is -4.70. The molecule has 0 spiro atoms. The Hall–Kier alpha value is -3.54. The topological polar surface area (TPSA) is 134 Å². The van der Waals surface area contributed by atoms with Gasteiger partial charge in [0, 0.05) is 11.4 Å². The van der Waals surface area contributed by atoms with Crippen molar-refractivity contribution in [3.63, 3.8) is 0 Å². The number of aromatic nitrogens is 4. The van der Waals surface area contributed by atoms with Crippen molar-refractivity contribution in [1.82, 2.24) is 20.4 Å². The second-order valence-corrected chi connectivity index (χ2v) is 7.96. The van der Waals surface area contributed by atoms with E-state index in [4.69, 9.17) is 0 Å². The van der Waals surface area contributed by atoms with E-state index in [9.17, 15) is 35.9 Å². The fraction of sp³-hybridized carbons (Fsp3) is 0.200. The molecule has 0 aliphatic carbocycles. The summed E-state index contributed by atoms with van der Waals surface area (Å²) < 4.78 is 75.3. The first-order valence-corrected chi connectivity index (χ1v) is 10.0. The zero-order valence-electron chi connectivity index (χ0n) is 15.9. The highest BCUT2D eigenvalue weighted by Crippen LogP contribution is 2.34. The number of nitrogens with zero attached hydrogens (tertiary/aromatic N) is 4. The van der Waals surface area contributed by atoms with Crippen LogP contribution in [0.3, 0.4) is 0 Å². The molecule has 4 N–H and O–H groups in total. The van der Waals surface area contributed by atoms with Gasteiger partial charge in [-0.25, -0.2) is 9.59 Å². The van der Waals surface area contributed by atoms with Crippen molar-refractivity contribution in [2.24, 2.45) is 0 Å². The van der Waals surface area contributed by atoms with Crippen LogP contribution in [0.15, 0.2) is 18.2 Å². The lowest BCUT2D eigenvalue weighted by atomic mass is 10.2. The molecular formula is C15H10F6N8O2S2. The lowest BCUT2D eigenvalue weighted by molar-refractivity contribution is -0.138. The molecule has 0 bridgehead atoms. The molecule has 0 saturated heterocycles. The van der Waals surface area contributed by atoms with Gasteiger partial charge in [0.25, 0.3) is 0 Å². The van der Waals surface area contributed by atoms with E-state index in [-0.39, 0.29) is 44.3 Å². The summed E-state index contributed by atoms with van der Waals surface area (Å²) in [5.41, 5.74) is 0.855. The third-order valence-corrected chi connectivity index (χ3v) is 5.29. The van der Waals surface area contributed by atoms with E-state index in [1.165, 1.54) is 18.2 Å². The van der Waals surface area contributed by atoms with Crippen LogP contribution in [0.1, 0.15) is 15.6 Å². The fourth-order valence-corrected chi connectivity index (χ4v) is 3.33. The zero-order valence-corrected chi connectivity index (χ0v) is 17.6. The van der Waals surface area contributed by atoms with Gasteiger partial charge in [0.1, 0.15) is 0 Å². The highest BCUT2D eigenvalue weighted by atomic mass is 32.1. The highest BCUT2D eigenvalue weighted by molar-refractivity contribution is 7.15. The number of anilines is 4. The normalized spacial score (nSPS) is 11.7. The Morgan fingerprint density at radius 2 is 1.24 bits per heavy atom. The first-order valence-electron chi connectivity index (χ1n) is 8.39. The second-order valence-electron chi connectivity index (χ2n) is 6.01. The molecule has 0 saturated carbocycles. The van der Waals surface area contributed by atoms with E-state index in [0.717, 1.165) is 0 Å². The van der Waals surface area contributed by atoms with Gasteiger partial charge < -0.3 is 10.6 Å². The number of aryl methyl sites for hydroxylation is 1. The Labute approximate surface area is 187 Å². The quantitative estimate of drug-likeness (QED) is 0.363. The Balaban J connectivity index is 1.61. The summed E-state index contributed by atoms with van der Waals surface area (Å²) in [5.74, 6) is 0. The van der Waals surface area contributed by atoms with E-state index < -0.39 is 34.4 Å². The summed E-state index contributed by atoms with van der Waals surface area (Å²) >= 11 is 0.266. The summed E-state index contributed by atoms with van der Waals surface area (Å²) in [4.78, 5) is 24.1. The zero-order chi connectivity index (χ0) is 24.4.